The molecule has 2 amide bonds. The molecule has 1 unspecified atom stereocenters. The number of carbonyl (C=O) groups is 3. The van der Waals surface area contributed by atoms with Crippen LogP contribution in [0.4, 0.5) is 4.79 Å². The fraction of sp³-hybridized carbons (Fsp3) is 0.750. The lowest BCUT2D eigenvalue weighted by Gasteiger charge is -2.23. The number of ketones is 1. The Morgan fingerprint density at radius 1 is 1.41 bits per heavy atom. The summed E-state index contributed by atoms with van der Waals surface area (Å²) in [5.74, 6) is -1.19. The summed E-state index contributed by atoms with van der Waals surface area (Å²) in [4.78, 5) is 36.0. The average Bonchev–Trinajstić information content (AvgIpc) is 2.56. The van der Waals surface area contributed by atoms with Gasteiger partial charge in [0.15, 0.2) is 0 Å². The van der Waals surface area contributed by atoms with Crippen LogP contribution in [0.2, 0.25) is 0 Å². The van der Waals surface area contributed by atoms with Crippen molar-refractivity contribution < 1.29 is 19.1 Å². The highest BCUT2D eigenvalue weighted by atomic mass is 16.6. The van der Waals surface area contributed by atoms with Crippen molar-refractivity contribution in [3.63, 3.8) is 0 Å². The first kappa shape index (κ1) is 13.7. The van der Waals surface area contributed by atoms with Crippen LogP contribution >= 0.6 is 0 Å². The molecule has 1 aliphatic rings. The van der Waals surface area contributed by atoms with E-state index in [9.17, 15) is 14.4 Å². The minimum absolute atomic E-state index is 0.110. The third kappa shape index (κ3) is 3.28. The Hall–Kier alpha value is -1.39. The zero-order valence-electron chi connectivity index (χ0n) is 10.8. The predicted molar refractivity (Wildman–Crippen MR) is 61.4 cm³/mol. The third-order valence-corrected chi connectivity index (χ3v) is 2.56. The second-order valence-corrected chi connectivity index (χ2v) is 5.13. The molecule has 1 rings (SSSR count). The van der Waals surface area contributed by atoms with Crippen LogP contribution in [0.1, 0.15) is 40.5 Å². The number of nitrogens with zero attached hydrogens (tertiary/aromatic N) is 1. The largest absolute Gasteiger partial charge is 0.443 e. The number of ether oxygens (including phenoxy) is 1. The first-order chi connectivity index (χ1) is 7.76. The fourth-order valence-electron chi connectivity index (χ4n) is 1.72. The topological polar surface area (TPSA) is 63.7 Å². The number of hydrogen-bond donors (Lipinski definition) is 0. The molecule has 5 nitrogen and oxygen atoms in total. The smallest absolute Gasteiger partial charge is 0.417 e. The summed E-state index contributed by atoms with van der Waals surface area (Å²) in [5, 5.41) is 0. The highest BCUT2D eigenvalue weighted by molar-refractivity contribution is 6.07. The van der Waals surface area contributed by atoms with Gasteiger partial charge < -0.3 is 4.74 Å². The number of amides is 2. The molecule has 0 aromatic rings. The molecule has 1 saturated heterocycles. The van der Waals surface area contributed by atoms with Crippen LogP contribution in [-0.4, -0.2) is 34.8 Å². The number of rotatable bonds is 2. The number of imide groups is 1. The molecular formula is C12H19NO4. The van der Waals surface area contributed by atoms with Gasteiger partial charge in [0.2, 0.25) is 5.91 Å². The molecule has 5 heteroatoms. The minimum Gasteiger partial charge on any atom is -0.443 e. The van der Waals surface area contributed by atoms with Crippen LogP contribution in [0.25, 0.3) is 0 Å². The van der Waals surface area contributed by atoms with Gasteiger partial charge in [0, 0.05) is 13.0 Å². The summed E-state index contributed by atoms with van der Waals surface area (Å²) >= 11 is 0. The third-order valence-electron chi connectivity index (χ3n) is 2.56. The standard InChI is InChI=1S/C12H19NO4/c1-5-9(14)8-6-7-13(10(8)15)11(16)17-12(2,3)4/h8H,5-7H2,1-4H3. The highest BCUT2D eigenvalue weighted by Crippen LogP contribution is 2.22. The second kappa shape index (κ2) is 4.85. The van der Waals surface area contributed by atoms with E-state index in [1.54, 1.807) is 27.7 Å². The molecule has 1 fully saturated rings. The quantitative estimate of drug-likeness (QED) is 0.691. The van der Waals surface area contributed by atoms with E-state index in [0.717, 1.165) is 4.90 Å². The maximum Gasteiger partial charge on any atom is 0.417 e. The van der Waals surface area contributed by atoms with Crippen LogP contribution in [0, 0.1) is 5.92 Å². The van der Waals surface area contributed by atoms with Gasteiger partial charge in [-0.05, 0) is 27.2 Å². The van der Waals surface area contributed by atoms with Gasteiger partial charge in [-0.15, -0.1) is 0 Å². The summed E-state index contributed by atoms with van der Waals surface area (Å²) in [5.41, 5.74) is -0.635. The van der Waals surface area contributed by atoms with Crippen molar-refractivity contribution in [2.24, 2.45) is 5.92 Å². The molecule has 0 aromatic carbocycles. The summed E-state index contributed by atoms with van der Waals surface area (Å²) in [6.45, 7) is 7.19. The van der Waals surface area contributed by atoms with E-state index in [2.05, 4.69) is 0 Å². The number of hydrogen-bond acceptors (Lipinski definition) is 4. The SMILES string of the molecule is CCC(=O)C1CCN(C(=O)OC(C)(C)C)C1=O. The molecule has 1 atom stereocenters. The predicted octanol–water partition coefficient (Wildman–Crippen LogP) is 1.75. The Morgan fingerprint density at radius 2 is 2.00 bits per heavy atom. The lowest BCUT2D eigenvalue weighted by Crippen LogP contribution is -2.39. The van der Waals surface area contributed by atoms with E-state index >= 15 is 0 Å². The Bertz CT molecular complexity index is 343. The number of likely N-dealkylation sites (tertiary alicyclic amines) is 1. The van der Waals surface area contributed by atoms with Crippen LogP contribution in [0.5, 0.6) is 0 Å². The number of carbonyl (C=O) groups excluding carboxylic acids is 3. The molecule has 0 saturated carbocycles. The van der Waals surface area contributed by atoms with Crippen LogP contribution in [0.15, 0.2) is 0 Å². The summed E-state index contributed by atoms with van der Waals surface area (Å²) < 4.78 is 5.11. The molecule has 1 heterocycles. The van der Waals surface area contributed by atoms with Crippen molar-refractivity contribution in [2.75, 3.05) is 6.54 Å². The zero-order chi connectivity index (χ0) is 13.2. The van der Waals surface area contributed by atoms with E-state index < -0.39 is 23.5 Å². The highest BCUT2D eigenvalue weighted by Gasteiger charge is 2.40. The van der Waals surface area contributed by atoms with E-state index in [1.165, 1.54) is 0 Å². The minimum atomic E-state index is -0.660. The molecule has 0 N–H and O–H groups in total. The molecule has 1 aliphatic heterocycles. The van der Waals surface area contributed by atoms with Crippen LogP contribution in [0.3, 0.4) is 0 Å². The molecule has 17 heavy (non-hydrogen) atoms. The van der Waals surface area contributed by atoms with E-state index in [1.807, 2.05) is 0 Å². The molecule has 0 spiro atoms. The Labute approximate surface area is 101 Å². The fourth-order valence-corrected chi connectivity index (χ4v) is 1.72. The summed E-state index contributed by atoms with van der Waals surface area (Å²) in [6, 6.07) is 0. The zero-order valence-corrected chi connectivity index (χ0v) is 10.8. The maximum atomic E-state index is 11.8. The normalized spacial score (nSPS) is 20.6. The van der Waals surface area contributed by atoms with E-state index in [0.29, 0.717) is 12.8 Å². The lowest BCUT2D eigenvalue weighted by molar-refractivity contribution is -0.136. The van der Waals surface area contributed by atoms with Gasteiger partial charge in [0.05, 0.1) is 5.92 Å². The number of Topliss-reactive ketones (excluding diaryl/α,β-unsaturated/α-hetero) is 1. The van der Waals surface area contributed by atoms with Crippen molar-refractivity contribution in [1.82, 2.24) is 4.90 Å². The van der Waals surface area contributed by atoms with Crippen molar-refractivity contribution in [2.45, 2.75) is 46.1 Å². The van der Waals surface area contributed by atoms with Crippen LogP contribution < -0.4 is 0 Å². The van der Waals surface area contributed by atoms with Gasteiger partial charge in [-0.25, -0.2) is 9.69 Å². The maximum absolute atomic E-state index is 11.8. The van der Waals surface area contributed by atoms with Gasteiger partial charge in [-0.2, -0.15) is 0 Å². The van der Waals surface area contributed by atoms with Crippen molar-refractivity contribution >= 4 is 17.8 Å². The van der Waals surface area contributed by atoms with E-state index in [-0.39, 0.29) is 12.3 Å². The van der Waals surface area contributed by atoms with Crippen molar-refractivity contribution in [3.8, 4) is 0 Å². The summed E-state index contributed by atoms with van der Waals surface area (Å²) in [6.07, 6.45) is 0.0671. The Morgan fingerprint density at radius 3 is 2.47 bits per heavy atom. The Balaban J connectivity index is 2.67. The van der Waals surface area contributed by atoms with Gasteiger partial charge in [-0.1, -0.05) is 6.92 Å². The average molecular weight is 241 g/mol. The van der Waals surface area contributed by atoms with Gasteiger partial charge in [0.1, 0.15) is 11.4 Å². The van der Waals surface area contributed by atoms with Gasteiger partial charge in [0.25, 0.3) is 0 Å². The molecule has 0 aliphatic carbocycles. The molecule has 0 aromatic heterocycles. The van der Waals surface area contributed by atoms with Crippen molar-refractivity contribution in [1.29, 1.82) is 0 Å². The summed E-state index contributed by atoms with van der Waals surface area (Å²) in [7, 11) is 0. The van der Waals surface area contributed by atoms with Crippen molar-refractivity contribution in [3.05, 3.63) is 0 Å². The molecule has 0 radical (unpaired) electrons. The first-order valence-corrected chi connectivity index (χ1v) is 5.83. The van der Waals surface area contributed by atoms with Gasteiger partial charge >= 0.3 is 6.09 Å². The molecule has 0 bridgehead atoms. The Kier molecular flexibility index (Phi) is 3.91. The van der Waals surface area contributed by atoms with Gasteiger partial charge in [-0.3, -0.25) is 9.59 Å². The molecular weight excluding hydrogens is 222 g/mol. The monoisotopic (exact) mass is 241 g/mol. The van der Waals surface area contributed by atoms with Crippen LogP contribution in [-0.2, 0) is 14.3 Å². The van der Waals surface area contributed by atoms with E-state index in [4.69, 9.17) is 4.74 Å². The lowest BCUT2D eigenvalue weighted by atomic mass is 10.0. The second-order valence-electron chi connectivity index (χ2n) is 5.13. The molecule has 96 valence electrons. The first-order valence-electron chi connectivity index (χ1n) is 5.83.